The fourth-order valence-corrected chi connectivity index (χ4v) is 9.72. The van der Waals surface area contributed by atoms with Gasteiger partial charge in [0.15, 0.2) is 0 Å². The first-order valence-electron chi connectivity index (χ1n) is 19.2. The van der Waals surface area contributed by atoms with Gasteiger partial charge in [-0.2, -0.15) is 0 Å². The van der Waals surface area contributed by atoms with E-state index in [1.165, 1.54) is 85.9 Å². The second kappa shape index (κ2) is 13.4. The molecule has 0 aliphatic heterocycles. The minimum absolute atomic E-state index is 1.10. The van der Waals surface area contributed by atoms with Crippen LogP contribution < -0.4 is 4.90 Å². The van der Waals surface area contributed by atoms with E-state index in [-0.39, 0.29) is 0 Å². The number of hydrogen-bond donors (Lipinski definition) is 0. The van der Waals surface area contributed by atoms with Crippen LogP contribution in [0, 0.1) is 0 Å². The second-order valence-corrected chi connectivity index (χ2v) is 15.6. The lowest BCUT2D eigenvalue weighted by molar-refractivity contribution is 1.29. The number of para-hydroxylation sites is 1. The molecule has 0 N–H and O–H groups in total. The summed E-state index contributed by atoms with van der Waals surface area (Å²) < 4.78 is 2.60. The third-order valence-corrected chi connectivity index (χ3v) is 12.3. The lowest BCUT2D eigenvalue weighted by Gasteiger charge is -2.29. The number of fused-ring (bicyclic) bond motifs is 7. The van der Waals surface area contributed by atoms with Gasteiger partial charge in [0.2, 0.25) is 0 Å². The molecule has 0 atom stereocenters. The molecule has 2 heteroatoms. The number of benzene rings is 10. The molecule has 0 fully saturated rings. The van der Waals surface area contributed by atoms with E-state index in [9.17, 15) is 0 Å². The normalized spacial score (nSPS) is 11.6. The fraction of sp³-hybridized carbons (Fsp3) is 0. The molecule has 0 aliphatic carbocycles. The van der Waals surface area contributed by atoms with E-state index < -0.39 is 0 Å². The van der Waals surface area contributed by atoms with Crippen molar-refractivity contribution in [2.75, 3.05) is 4.90 Å². The fourth-order valence-electron chi connectivity index (χ4n) is 8.61. The van der Waals surface area contributed by atoms with Crippen molar-refractivity contribution in [1.82, 2.24) is 0 Å². The van der Waals surface area contributed by atoms with Gasteiger partial charge in [0.05, 0.1) is 5.69 Å². The Hall–Kier alpha value is -7.00. The average Bonchev–Trinajstić information content (AvgIpc) is 3.62. The van der Waals surface area contributed by atoms with Crippen LogP contribution in [0.5, 0.6) is 0 Å². The van der Waals surface area contributed by atoms with Gasteiger partial charge < -0.3 is 4.90 Å². The number of anilines is 3. The smallest absolute Gasteiger partial charge is 0.0540 e. The highest BCUT2D eigenvalue weighted by molar-refractivity contribution is 7.25. The molecule has 11 rings (SSSR count). The first kappa shape index (κ1) is 32.4. The van der Waals surface area contributed by atoms with E-state index in [1.807, 2.05) is 11.3 Å². The van der Waals surface area contributed by atoms with Crippen molar-refractivity contribution in [1.29, 1.82) is 0 Å². The average molecular weight is 730 g/mol. The lowest BCUT2D eigenvalue weighted by Crippen LogP contribution is -2.11. The van der Waals surface area contributed by atoms with E-state index >= 15 is 0 Å². The summed E-state index contributed by atoms with van der Waals surface area (Å²) in [6, 6.07) is 77.9. The molecule has 56 heavy (non-hydrogen) atoms. The molecular weight excluding hydrogens is 695 g/mol. The van der Waals surface area contributed by atoms with E-state index in [2.05, 4.69) is 217 Å². The summed E-state index contributed by atoms with van der Waals surface area (Å²) in [4.78, 5) is 2.47. The molecule has 11 aromatic rings. The Balaban J connectivity index is 1.17. The van der Waals surface area contributed by atoms with Gasteiger partial charge in [-0.1, -0.05) is 158 Å². The highest BCUT2D eigenvalue weighted by atomic mass is 32.1. The SMILES string of the molecule is c1ccc(-c2ccccc2-c2cccc(N(c3ccc4sc5cc6ccccc6cc5c4c3)c3ccccc3-c3cc4ccccc4c4ccccc34)c2)cc1. The third kappa shape index (κ3) is 5.46. The summed E-state index contributed by atoms with van der Waals surface area (Å²) in [5.74, 6) is 0. The van der Waals surface area contributed by atoms with Crippen LogP contribution >= 0.6 is 11.3 Å². The molecule has 0 aliphatic rings. The zero-order chi connectivity index (χ0) is 37.0. The van der Waals surface area contributed by atoms with Gasteiger partial charge in [0.25, 0.3) is 0 Å². The van der Waals surface area contributed by atoms with Crippen molar-refractivity contribution < 1.29 is 0 Å². The Bertz CT molecular complexity index is 3270. The lowest BCUT2D eigenvalue weighted by atomic mass is 9.91. The zero-order valence-electron chi connectivity index (χ0n) is 30.6. The maximum Gasteiger partial charge on any atom is 0.0540 e. The maximum atomic E-state index is 2.47. The first-order chi connectivity index (χ1) is 27.8. The molecule has 0 amide bonds. The van der Waals surface area contributed by atoms with E-state index in [1.54, 1.807) is 0 Å². The zero-order valence-corrected chi connectivity index (χ0v) is 31.4. The summed E-state index contributed by atoms with van der Waals surface area (Å²) in [5, 5.41) is 10.1. The van der Waals surface area contributed by atoms with Crippen molar-refractivity contribution in [3.8, 4) is 33.4 Å². The minimum atomic E-state index is 1.10. The van der Waals surface area contributed by atoms with Crippen molar-refractivity contribution in [2.45, 2.75) is 0 Å². The molecule has 1 aromatic heterocycles. The molecule has 1 nitrogen and oxygen atoms in total. The summed E-state index contributed by atoms with van der Waals surface area (Å²) in [7, 11) is 0. The topological polar surface area (TPSA) is 3.24 Å². The summed E-state index contributed by atoms with van der Waals surface area (Å²) in [6.07, 6.45) is 0. The molecule has 0 radical (unpaired) electrons. The van der Waals surface area contributed by atoms with Crippen molar-refractivity contribution >= 4 is 80.9 Å². The van der Waals surface area contributed by atoms with Crippen LogP contribution in [-0.4, -0.2) is 0 Å². The van der Waals surface area contributed by atoms with Gasteiger partial charge in [-0.05, 0) is 115 Å². The number of thiophene rings is 1. The minimum Gasteiger partial charge on any atom is -0.310 e. The number of hydrogen-bond acceptors (Lipinski definition) is 2. The largest absolute Gasteiger partial charge is 0.310 e. The molecule has 10 aromatic carbocycles. The summed E-state index contributed by atoms with van der Waals surface area (Å²) in [5.41, 5.74) is 10.6. The van der Waals surface area contributed by atoms with Crippen LogP contribution in [0.25, 0.3) is 85.9 Å². The molecule has 0 spiro atoms. The predicted molar refractivity (Wildman–Crippen MR) is 243 cm³/mol. The molecular formula is C54H35NS. The van der Waals surface area contributed by atoms with Gasteiger partial charge in [-0.3, -0.25) is 0 Å². The van der Waals surface area contributed by atoms with E-state index in [4.69, 9.17) is 0 Å². The Morgan fingerprint density at radius 3 is 1.70 bits per heavy atom. The van der Waals surface area contributed by atoms with Gasteiger partial charge in [-0.25, -0.2) is 0 Å². The highest BCUT2D eigenvalue weighted by Gasteiger charge is 2.21. The Labute approximate surface area is 330 Å². The van der Waals surface area contributed by atoms with E-state index in [0.717, 1.165) is 17.1 Å². The van der Waals surface area contributed by atoms with Crippen molar-refractivity contribution in [2.24, 2.45) is 0 Å². The monoisotopic (exact) mass is 729 g/mol. The van der Waals surface area contributed by atoms with Crippen LogP contribution in [0.1, 0.15) is 0 Å². The summed E-state index contributed by atoms with van der Waals surface area (Å²) in [6.45, 7) is 0. The second-order valence-electron chi connectivity index (χ2n) is 14.5. The molecule has 0 bridgehead atoms. The van der Waals surface area contributed by atoms with Gasteiger partial charge >= 0.3 is 0 Å². The van der Waals surface area contributed by atoms with Gasteiger partial charge in [0, 0.05) is 37.1 Å². The molecule has 0 saturated carbocycles. The first-order valence-corrected chi connectivity index (χ1v) is 20.0. The molecule has 1 heterocycles. The van der Waals surface area contributed by atoms with Crippen molar-refractivity contribution in [3.05, 3.63) is 212 Å². The molecule has 262 valence electrons. The maximum absolute atomic E-state index is 2.47. The van der Waals surface area contributed by atoms with Crippen molar-refractivity contribution in [3.63, 3.8) is 0 Å². The Morgan fingerprint density at radius 1 is 0.286 bits per heavy atom. The highest BCUT2D eigenvalue weighted by Crippen LogP contribution is 2.47. The van der Waals surface area contributed by atoms with E-state index in [0.29, 0.717) is 0 Å². The summed E-state index contributed by atoms with van der Waals surface area (Å²) >= 11 is 1.87. The Morgan fingerprint density at radius 2 is 0.875 bits per heavy atom. The van der Waals surface area contributed by atoms with Crippen LogP contribution in [-0.2, 0) is 0 Å². The van der Waals surface area contributed by atoms with Gasteiger partial charge in [0.1, 0.15) is 0 Å². The molecule has 0 unspecified atom stereocenters. The van der Waals surface area contributed by atoms with Crippen LogP contribution in [0.2, 0.25) is 0 Å². The predicted octanol–water partition coefficient (Wildman–Crippen LogP) is 16.0. The quantitative estimate of drug-likeness (QED) is 0.154. The Kier molecular flexibility index (Phi) is 7.75. The van der Waals surface area contributed by atoms with Gasteiger partial charge in [-0.15, -0.1) is 11.3 Å². The van der Waals surface area contributed by atoms with Crippen LogP contribution in [0.3, 0.4) is 0 Å². The standard InChI is InChI=1S/C54H35NS/c1-2-15-36(16-3-1)43-22-8-9-23-44(43)39-20-14-21-41(31-39)55(42-29-30-53-51(35-42)50-32-37-17-4-5-18-38(37)34-54(50)56-53)52-28-13-12-27-48(52)49-33-40-19-6-7-24-45(40)46-25-10-11-26-47(46)49/h1-35H. The third-order valence-electron chi connectivity index (χ3n) is 11.2. The number of nitrogens with zero attached hydrogens (tertiary/aromatic N) is 1. The van der Waals surface area contributed by atoms with Crippen LogP contribution in [0.15, 0.2) is 212 Å². The van der Waals surface area contributed by atoms with Crippen LogP contribution in [0.4, 0.5) is 17.1 Å². The number of rotatable bonds is 6. The molecule has 0 saturated heterocycles.